The predicted octanol–water partition coefficient (Wildman–Crippen LogP) is 1.86. The van der Waals surface area contributed by atoms with Gasteiger partial charge in [-0.3, -0.25) is 4.79 Å². The number of sulfone groups is 1. The van der Waals surface area contributed by atoms with Crippen molar-refractivity contribution in [2.45, 2.75) is 11.3 Å². The lowest BCUT2D eigenvalue weighted by atomic mass is 10.3. The first kappa shape index (κ1) is 13.4. The minimum absolute atomic E-state index is 0.107. The molecule has 5 nitrogen and oxygen atoms in total. The Balaban J connectivity index is 2.09. The van der Waals surface area contributed by atoms with Crippen LogP contribution in [-0.2, 0) is 21.1 Å². The molecule has 0 saturated heterocycles. The minimum atomic E-state index is -3.28. The number of carbonyl (C=O) groups is 1. The van der Waals surface area contributed by atoms with Gasteiger partial charge in [0.05, 0.1) is 17.6 Å². The van der Waals surface area contributed by atoms with Crippen LogP contribution in [0.1, 0.15) is 5.76 Å². The van der Waals surface area contributed by atoms with Gasteiger partial charge in [0.15, 0.2) is 9.84 Å². The smallest absolute Gasteiger partial charge is 0.231 e. The molecular weight excluding hydrogens is 266 g/mol. The van der Waals surface area contributed by atoms with Gasteiger partial charge in [-0.15, -0.1) is 0 Å². The molecule has 0 saturated carbocycles. The van der Waals surface area contributed by atoms with Crippen LogP contribution in [0, 0.1) is 0 Å². The zero-order valence-electron chi connectivity index (χ0n) is 10.3. The summed E-state index contributed by atoms with van der Waals surface area (Å²) in [6.45, 7) is 0. The molecule has 1 aromatic heterocycles. The van der Waals surface area contributed by atoms with Crippen LogP contribution >= 0.6 is 0 Å². The maximum atomic E-state index is 11.7. The van der Waals surface area contributed by atoms with E-state index in [0.29, 0.717) is 11.4 Å². The highest BCUT2D eigenvalue weighted by Crippen LogP contribution is 2.15. The fourth-order valence-corrected chi connectivity index (χ4v) is 2.25. The lowest BCUT2D eigenvalue weighted by Gasteiger charge is -2.05. The van der Waals surface area contributed by atoms with Crippen LogP contribution in [0.2, 0.25) is 0 Å². The molecule has 0 unspecified atom stereocenters. The maximum Gasteiger partial charge on any atom is 0.231 e. The summed E-state index contributed by atoms with van der Waals surface area (Å²) in [5, 5.41) is 2.63. The molecule has 1 N–H and O–H groups in total. The third kappa shape index (κ3) is 3.69. The Morgan fingerprint density at radius 1 is 1.26 bits per heavy atom. The Morgan fingerprint density at radius 3 is 2.68 bits per heavy atom. The van der Waals surface area contributed by atoms with Gasteiger partial charge in [-0.05, 0) is 30.3 Å². The molecule has 100 valence electrons. The van der Waals surface area contributed by atoms with E-state index in [-0.39, 0.29) is 17.2 Å². The number of hydrogen-bond acceptors (Lipinski definition) is 4. The van der Waals surface area contributed by atoms with E-state index in [4.69, 9.17) is 4.42 Å². The largest absolute Gasteiger partial charge is 0.469 e. The average molecular weight is 279 g/mol. The third-order valence-corrected chi connectivity index (χ3v) is 3.57. The van der Waals surface area contributed by atoms with Gasteiger partial charge >= 0.3 is 0 Å². The Morgan fingerprint density at radius 2 is 2.05 bits per heavy atom. The van der Waals surface area contributed by atoms with Gasteiger partial charge in [-0.2, -0.15) is 0 Å². The van der Waals surface area contributed by atoms with E-state index >= 15 is 0 Å². The number of benzene rings is 1. The third-order valence-electron chi connectivity index (χ3n) is 2.46. The summed E-state index contributed by atoms with van der Waals surface area (Å²) >= 11 is 0. The van der Waals surface area contributed by atoms with Crippen molar-refractivity contribution in [3.8, 4) is 0 Å². The van der Waals surface area contributed by atoms with Crippen molar-refractivity contribution >= 4 is 21.4 Å². The Hall–Kier alpha value is -2.08. The fraction of sp³-hybridized carbons (Fsp3) is 0.154. The second-order valence-corrected chi connectivity index (χ2v) is 6.12. The fourth-order valence-electron chi connectivity index (χ4n) is 1.58. The first-order chi connectivity index (χ1) is 8.95. The van der Waals surface area contributed by atoms with Gasteiger partial charge in [0.1, 0.15) is 5.76 Å². The molecule has 2 rings (SSSR count). The molecule has 0 atom stereocenters. The van der Waals surface area contributed by atoms with Crippen molar-refractivity contribution in [2.75, 3.05) is 11.6 Å². The molecular formula is C13H13NO4S. The number of hydrogen-bond donors (Lipinski definition) is 1. The van der Waals surface area contributed by atoms with Gasteiger partial charge < -0.3 is 9.73 Å². The zero-order valence-corrected chi connectivity index (χ0v) is 11.1. The van der Waals surface area contributed by atoms with Crippen molar-refractivity contribution < 1.29 is 17.6 Å². The summed E-state index contributed by atoms with van der Waals surface area (Å²) in [6, 6.07) is 9.53. The van der Waals surface area contributed by atoms with Crippen LogP contribution in [0.25, 0.3) is 0 Å². The van der Waals surface area contributed by atoms with E-state index in [1.54, 1.807) is 24.3 Å². The van der Waals surface area contributed by atoms with Gasteiger partial charge in [0.25, 0.3) is 0 Å². The number of amides is 1. The number of carbonyl (C=O) groups excluding carboxylic acids is 1. The number of rotatable bonds is 4. The number of nitrogens with one attached hydrogen (secondary N) is 1. The van der Waals surface area contributed by atoms with Crippen LogP contribution in [0.3, 0.4) is 0 Å². The van der Waals surface area contributed by atoms with Gasteiger partial charge in [0.2, 0.25) is 5.91 Å². The second-order valence-electron chi connectivity index (χ2n) is 4.10. The summed E-state index contributed by atoms with van der Waals surface area (Å²) in [5.41, 5.74) is 0.444. The zero-order chi connectivity index (χ0) is 13.9. The highest BCUT2D eigenvalue weighted by Gasteiger charge is 2.10. The van der Waals surface area contributed by atoms with Crippen molar-refractivity contribution in [2.24, 2.45) is 0 Å². The van der Waals surface area contributed by atoms with Crippen LogP contribution in [0.5, 0.6) is 0 Å². The van der Waals surface area contributed by atoms with Crippen LogP contribution in [0.15, 0.2) is 52.0 Å². The normalized spacial score (nSPS) is 11.2. The molecule has 0 fully saturated rings. The molecule has 0 aliphatic rings. The summed E-state index contributed by atoms with van der Waals surface area (Å²) < 4.78 is 27.9. The van der Waals surface area contributed by atoms with Gasteiger partial charge in [-0.1, -0.05) is 6.07 Å². The number of anilines is 1. The molecule has 1 heterocycles. The Kier molecular flexibility index (Phi) is 3.71. The summed E-state index contributed by atoms with van der Waals surface area (Å²) in [7, 11) is -3.28. The average Bonchev–Trinajstić information content (AvgIpc) is 2.80. The van der Waals surface area contributed by atoms with Crippen LogP contribution < -0.4 is 5.32 Å². The van der Waals surface area contributed by atoms with Crippen LogP contribution in [-0.4, -0.2) is 20.6 Å². The van der Waals surface area contributed by atoms with E-state index < -0.39 is 9.84 Å². The maximum absolute atomic E-state index is 11.7. The topological polar surface area (TPSA) is 76.4 Å². The lowest BCUT2D eigenvalue weighted by Crippen LogP contribution is -2.14. The molecule has 1 amide bonds. The molecule has 0 aliphatic carbocycles. The molecule has 19 heavy (non-hydrogen) atoms. The van der Waals surface area contributed by atoms with E-state index in [2.05, 4.69) is 5.32 Å². The van der Waals surface area contributed by atoms with E-state index in [1.165, 1.54) is 18.4 Å². The standard InChI is InChI=1S/C13H13NO4S/c1-19(16,17)12-6-2-4-10(8-12)14-13(15)9-11-5-3-7-18-11/h2-8H,9H2,1H3,(H,14,15). The lowest BCUT2D eigenvalue weighted by molar-refractivity contribution is -0.115. The summed E-state index contributed by atoms with van der Waals surface area (Å²) in [5.74, 6) is 0.289. The summed E-state index contributed by atoms with van der Waals surface area (Å²) in [6.07, 6.45) is 2.72. The highest BCUT2D eigenvalue weighted by molar-refractivity contribution is 7.90. The summed E-state index contributed by atoms with van der Waals surface area (Å²) in [4.78, 5) is 11.9. The molecule has 0 bridgehead atoms. The molecule has 6 heteroatoms. The predicted molar refractivity (Wildman–Crippen MR) is 70.6 cm³/mol. The SMILES string of the molecule is CS(=O)(=O)c1cccc(NC(=O)Cc2ccco2)c1. The molecule has 0 aliphatic heterocycles. The van der Waals surface area contributed by atoms with Gasteiger partial charge in [0, 0.05) is 11.9 Å². The van der Waals surface area contributed by atoms with Crippen molar-refractivity contribution in [1.82, 2.24) is 0 Å². The van der Waals surface area contributed by atoms with E-state index in [0.717, 1.165) is 6.26 Å². The minimum Gasteiger partial charge on any atom is -0.469 e. The van der Waals surface area contributed by atoms with Crippen molar-refractivity contribution in [3.63, 3.8) is 0 Å². The van der Waals surface area contributed by atoms with Gasteiger partial charge in [-0.25, -0.2) is 8.42 Å². The number of furan rings is 1. The quantitative estimate of drug-likeness (QED) is 0.926. The van der Waals surface area contributed by atoms with Crippen molar-refractivity contribution in [1.29, 1.82) is 0 Å². The molecule has 0 spiro atoms. The van der Waals surface area contributed by atoms with Crippen LogP contribution in [0.4, 0.5) is 5.69 Å². The monoisotopic (exact) mass is 279 g/mol. The van der Waals surface area contributed by atoms with Crippen molar-refractivity contribution in [3.05, 3.63) is 48.4 Å². The molecule has 1 aromatic carbocycles. The molecule has 2 aromatic rings. The second kappa shape index (κ2) is 5.27. The molecule has 0 radical (unpaired) electrons. The first-order valence-corrected chi connectivity index (χ1v) is 7.46. The highest BCUT2D eigenvalue weighted by atomic mass is 32.2. The first-order valence-electron chi connectivity index (χ1n) is 5.57. The Labute approximate surface area is 111 Å². The van der Waals surface area contributed by atoms with E-state index in [1.807, 2.05) is 0 Å². The van der Waals surface area contributed by atoms with E-state index in [9.17, 15) is 13.2 Å². The Bertz CT molecular complexity index is 674.